The monoisotopic (exact) mass is 238 g/mol. The van der Waals surface area contributed by atoms with E-state index in [0.29, 0.717) is 0 Å². The largest absolute Gasteiger partial charge is 0.506 e. The van der Waals surface area contributed by atoms with Crippen molar-refractivity contribution < 1.29 is 23.1 Å². The molecule has 1 N–H and O–H groups in total. The third kappa shape index (κ3) is 2.23. The number of carbonyl (C=O) groups is 1. The summed E-state index contributed by atoms with van der Waals surface area (Å²) in [6.07, 6.45) is -4.81. The molecule has 0 unspecified atom stereocenters. The number of halogens is 4. The van der Waals surface area contributed by atoms with Crippen LogP contribution in [0.5, 0.6) is 5.75 Å². The van der Waals surface area contributed by atoms with Gasteiger partial charge in [-0.1, -0.05) is 11.6 Å². The number of alkyl halides is 3. The van der Waals surface area contributed by atoms with Gasteiger partial charge in [-0.15, -0.1) is 0 Å². The van der Waals surface area contributed by atoms with Crippen molar-refractivity contribution in [3.8, 4) is 5.75 Å². The van der Waals surface area contributed by atoms with E-state index in [2.05, 4.69) is 0 Å². The Kier molecular flexibility index (Phi) is 2.95. The van der Waals surface area contributed by atoms with Gasteiger partial charge >= 0.3 is 6.18 Å². The Bertz CT molecular complexity index is 413. The predicted octanol–water partition coefficient (Wildman–Crippen LogP) is 3.27. The third-order valence-electron chi connectivity index (χ3n) is 1.79. The molecule has 0 radical (unpaired) electrons. The zero-order valence-corrected chi connectivity index (χ0v) is 8.28. The van der Waals surface area contributed by atoms with Gasteiger partial charge in [0.25, 0.3) is 0 Å². The molecule has 0 spiro atoms. The molecule has 0 saturated carbocycles. The standard InChI is InChI=1S/C9H6ClF3O2/c1-4(14)5-2-3-6(10)8(15)7(5)9(11,12)13/h2-3,15H,1H3. The summed E-state index contributed by atoms with van der Waals surface area (Å²) in [6, 6.07) is 1.98. The normalized spacial score (nSPS) is 11.5. The molecule has 82 valence electrons. The minimum atomic E-state index is -4.81. The van der Waals surface area contributed by atoms with Gasteiger partial charge in [0.15, 0.2) is 5.78 Å². The predicted molar refractivity (Wildman–Crippen MR) is 48.1 cm³/mol. The molecule has 0 fully saturated rings. The molecule has 6 heteroatoms. The van der Waals surface area contributed by atoms with Gasteiger partial charge in [-0.3, -0.25) is 4.79 Å². The highest BCUT2D eigenvalue weighted by atomic mass is 35.5. The fourth-order valence-electron chi connectivity index (χ4n) is 1.15. The molecule has 2 nitrogen and oxygen atoms in total. The van der Waals surface area contributed by atoms with E-state index in [1.165, 1.54) is 0 Å². The van der Waals surface area contributed by atoms with Gasteiger partial charge in [0, 0.05) is 5.56 Å². The lowest BCUT2D eigenvalue weighted by atomic mass is 10.0. The maximum atomic E-state index is 12.5. The molecule has 1 rings (SSSR count). The van der Waals surface area contributed by atoms with Crippen molar-refractivity contribution in [3.05, 3.63) is 28.3 Å². The van der Waals surface area contributed by atoms with Gasteiger partial charge < -0.3 is 5.11 Å². The molecule has 1 aromatic rings. The van der Waals surface area contributed by atoms with Crippen molar-refractivity contribution in [2.45, 2.75) is 13.1 Å². The fraction of sp³-hybridized carbons (Fsp3) is 0.222. The van der Waals surface area contributed by atoms with Crippen LogP contribution in [0.15, 0.2) is 12.1 Å². The van der Waals surface area contributed by atoms with Crippen molar-refractivity contribution in [3.63, 3.8) is 0 Å². The Morgan fingerprint density at radius 3 is 2.33 bits per heavy atom. The topological polar surface area (TPSA) is 37.3 Å². The van der Waals surface area contributed by atoms with E-state index < -0.39 is 33.9 Å². The smallest absolute Gasteiger partial charge is 0.420 e. The Hall–Kier alpha value is -1.23. The van der Waals surface area contributed by atoms with Gasteiger partial charge in [0.1, 0.15) is 11.3 Å². The van der Waals surface area contributed by atoms with Crippen LogP contribution in [0.2, 0.25) is 5.02 Å². The molecule has 0 aliphatic carbocycles. The van der Waals surface area contributed by atoms with Crippen LogP contribution in [-0.2, 0) is 6.18 Å². The van der Waals surface area contributed by atoms with Gasteiger partial charge in [0.2, 0.25) is 0 Å². The van der Waals surface area contributed by atoms with E-state index in [1.807, 2.05) is 0 Å². The van der Waals surface area contributed by atoms with E-state index in [9.17, 15) is 18.0 Å². The molecule has 0 atom stereocenters. The third-order valence-corrected chi connectivity index (χ3v) is 2.10. The number of phenolic OH excluding ortho intramolecular Hbond substituents is 1. The lowest BCUT2D eigenvalue weighted by Crippen LogP contribution is -2.12. The second kappa shape index (κ2) is 3.73. The highest BCUT2D eigenvalue weighted by Crippen LogP contribution is 2.41. The highest BCUT2D eigenvalue weighted by molar-refractivity contribution is 6.32. The first-order chi connectivity index (χ1) is 6.75. The van der Waals surface area contributed by atoms with Crippen molar-refractivity contribution in [1.82, 2.24) is 0 Å². The fourth-order valence-corrected chi connectivity index (χ4v) is 1.30. The van der Waals surface area contributed by atoms with E-state index in [1.54, 1.807) is 0 Å². The Labute approximate surface area is 88.3 Å². The van der Waals surface area contributed by atoms with E-state index in [4.69, 9.17) is 16.7 Å². The zero-order valence-electron chi connectivity index (χ0n) is 7.52. The maximum Gasteiger partial charge on any atom is 0.420 e. The van der Waals surface area contributed by atoms with Crippen LogP contribution in [0.25, 0.3) is 0 Å². The van der Waals surface area contributed by atoms with Gasteiger partial charge in [-0.2, -0.15) is 13.2 Å². The number of Topliss-reactive ketones (excluding diaryl/α,β-unsaturated/α-hetero) is 1. The Balaban J connectivity index is 3.57. The summed E-state index contributed by atoms with van der Waals surface area (Å²) in [6.45, 7) is 0.984. The molecule has 0 amide bonds. The molecular formula is C9H6ClF3O2. The summed E-state index contributed by atoms with van der Waals surface area (Å²) in [5, 5.41) is 8.72. The summed E-state index contributed by atoms with van der Waals surface area (Å²) >= 11 is 5.34. The molecule has 0 aliphatic rings. The van der Waals surface area contributed by atoms with Crippen molar-refractivity contribution in [2.24, 2.45) is 0 Å². The second-order valence-corrected chi connectivity index (χ2v) is 3.28. The second-order valence-electron chi connectivity index (χ2n) is 2.87. The van der Waals surface area contributed by atoms with Gasteiger partial charge in [0.05, 0.1) is 5.02 Å². The van der Waals surface area contributed by atoms with Crippen molar-refractivity contribution >= 4 is 17.4 Å². The summed E-state index contributed by atoms with van der Waals surface area (Å²) in [5.41, 5.74) is -1.98. The number of benzene rings is 1. The zero-order chi connectivity index (χ0) is 11.8. The first-order valence-corrected chi connectivity index (χ1v) is 4.22. The molecule has 15 heavy (non-hydrogen) atoms. The summed E-state index contributed by atoms with van der Waals surface area (Å²) in [5.74, 6) is -1.90. The average Bonchev–Trinajstić information content (AvgIpc) is 2.06. The van der Waals surface area contributed by atoms with Crippen molar-refractivity contribution in [1.29, 1.82) is 0 Å². The van der Waals surface area contributed by atoms with Crippen LogP contribution in [0.1, 0.15) is 22.8 Å². The lowest BCUT2D eigenvalue weighted by Gasteiger charge is -2.13. The molecular weight excluding hydrogens is 233 g/mol. The van der Waals surface area contributed by atoms with E-state index in [-0.39, 0.29) is 0 Å². The van der Waals surface area contributed by atoms with Crippen LogP contribution < -0.4 is 0 Å². The molecule has 0 bridgehead atoms. The number of rotatable bonds is 1. The average molecular weight is 239 g/mol. The van der Waals surface area contributed by atoms with Crippen LogP contribution in [0.3, 0.4) is 0 Å². The van der Waals surface area contributed by atoms with E-state index in [0.717, 1.165) is 19.1 Å². The number of hydrogen-bond acceptors (Lipinski definition) is 2. The summed E-state index contributed by atoms with van der Waals surface area (Å²) in [4.78, 5) is 10.9. The first-order valence-electron chi connectivity index (χ1n) is 3.84. The molecule has 0 aliphatic heterocycles. The first kappa shape index (κ1) is 11.8. The number of ketones is 1. The number of carbonyl (C=O) groups excluding carboxylic acids is 1. The molecule has 1 aromatic carbocycles. The Morgan fingerprint density at radius 1 is 1.40 bits per heavy atom. The summed E-state index contributed by atoms with van der Waals surface area (Å²) < 4.78 is 37.4. The molecule has 0 aromatic heterocycles. The minimum absolute atomic E-state index is 0.438. The van der Waals surface area contributed by atoms with Crippen LogP contribution in [-0.4, -0.2) is 10.9 Å². The van der Waals surface area contributed by atoms with Gasteiger partial charge in [-0.05, 0) is 19.1 Å². The lowest BCUT2D eigenvalue weighted by molar-refractivity contribution is -0.139. The number of phenols is 1. The van der Waals surface area contributed by atoms with E-state index >= 15 is 0 Å². The SMILES string of the molecule is CC(=O)c1ccc(Cl)c(O)c1C(F)(F)F. The quantitative estimate of drug-likeness (QED) is 0.763. The Morgan fingerprint density at radius 2 is 1.93 bits per heavy atom. The summed E-state index contributed by atoms with van der Waals surface area (Å²) in [7, 11) is 0. The van der Waals surface area contributed by atoms with Gasteiger partial charge in [-0.25, -0.2) is 0 Å². The molecule has 0 saturated heterocycles. The van der Waals surface area contributed by atoms with Crippen molar-refractivity contribution in [2.75, 3.05) is 0 Å². The van der Waals surface area contributed by atoms with Crippen LogP contribution in [0, 0.1) is 0 Å². The van der Waals surface area contributed by atoms with Crippen LogP contribution in [0.4, 0.5) is 13.2 Å². The number of hydrogen-bond donors (Lipinski definition) is 1. The minimum Gasteiger partial charge on any atom is -0.506 e. The highest BCUT2D eigenvalue weighted by Gasteiger charge is 2.38. The van der Waals surface area contributed by atoms with Crippen LogP contribution >= 0.6 is 11.6 Å². The number of aromatic hydroxyl groups is 1. The molecule has 0 heterocycles. The maximum absolute atomic E-state index is 12.5.